The molecule has 5 amide bonds. The Morgan fingerprint density at radius 3 is 2.50 bits per heavy atom. The van der Waals surface area contributed by atoms with E-state index in [9.17, 15) is 19.2 Å². The van der Waals surface area contributed by atoms with Gasteiger partial charge < -0.3 is 14.8 Å². The van der Waals surface area contributed by atoms with Gasteiger partial charge in [0.1, 0.15) is 5.57 Å². The fourth-order valence-corrected chi connectivity index (χ4v) is 3.85. The number of nitrogens with zero attached hydrogens (tertiary/aromatic N) is 1. The van der Waals surface area contributed by atoms with E-state index in [-0.39, 0.29) is 23.8 Å². The third-order valence-corrected chi connectivity index (χ3v) is 5.67. The molecule has 0 radical (unpaired) electrons. The molecule has 1 aliphatic rings. The molecule has 0 spiro atoms. The first-order chi connectivity index (χ1) is 18.4. The Balaban J connectivity index is 1.50. The molecule has 38 heavy (non-hydrogen) atoms. The van der Waals surface area contributed by atoms with Gasteiger partial charge >= 0.3 is 6.03 Å². The zero-order valence-corrected chi connectivity index (χ0v) is 21.2. The van der Waals surface area contributed by atoms with Gasteiger partial charge in [-0.05, 0) is 54.5 Å². The highest BCUT2D eigenvalue weighted by Gasteiger charge is 2.36. The van der Waals surface area contributed by atoms with Crippen molar-refractivity contribution >= 4 is 47.1 Å². The lowest BCUT2D eigenvalue weighted by atomic mass is 10.1. The molecular formula is C28H24ClN3O6. The molecule has 1 heterocycles. The maximum Gasteiger partial charge on any atom is 0.335 e. The second kappa shape index (κ2) is 12.1. The van der Waals surface area contributed by atoms with Gasteiger partial charge in [0.25, 0.3) is 17.7 Å². The molecular weight excluding hydrogens is 510 g/mol. The Morgan fingerprint density at radius 1 is 0.974 bits per heavy atom. The molecule has 4 rings (SSSR count). The van der Waals surface area contributed by atoms with Crippen molar-refractivity contribution in [3.05, 3.63) is 94.5 Å². The Morgan fingerprint density at radius 2 is 1.76 bits per heavy atom. The summed E-state index contributed by atoms with van der Waals surface area (Å²) in [5, 5.41) is 5.28. The second-order valence-electron chi connectivity index (χ2n) is 8.13. The molecule has 0 saturated carbocycles. The minimum Gasteiger partial charge on any atom is -0.490 e. The second-order valence-corrected chi connectivity index (χ2v) is 8.56. The summed E-state index contributed by atoms with van der Waals surface area (Å²) in [4.78, 5) is 51.1. The summed E-state index contributed by atoms with van der Waals surface area (Å²) in [5.41, 5.74) is 1.39. The van der Waals surface area contributed by atoms with Crippen LogP contribution in [0.15, 0.2) is 78.4 Å². The quantitative estimate of drug-likeness (QED) is 0.316. The van der Waals surface area contributed by atoms with Gasteiger partial charge in [0.2, 0.25) is 0 Å². The highest BCUT2D eigenvalue weighted by atomic mass is 35.5. The number of amides is 5. The Kier molecular flexibility index (Phi) is 8.40. The average Bonchev–Trinajstić information content (AvgIpc) is 2.90. The summed E-state index contributed by atoms with van der Waals surface area (Å²) >= 11 is 6.01. The lowest BCUT2D eigenvalue weighted by Gasteiger charge is -2.26. The van der Waals surface area contributed by atoms with Crippen molar-refractivity contribution in [3.63, 3.8) is 0 Å². The van der Waals surface area contributed by atoms with Crippen LogP contribution in [0.2, 0.25) is 5.02 Å². The van der Waals surface area contributed by atoms with Gasteiger partial charge in [-0.25, -0.2) is 9.69 Å². The van der Waals surface area contributed by atoms with Crippen LogP contribution in [0, 0.1) is 0 Å². The van der Waals surface area contributed by atoms with Gasteiger partial charge in [-0.3, -0.25) is 19.7 Å². The summed E-state index contributed by atoms with van der Waals surface area (Å²) in [5.74, 6) is -1.29. The van der Waals surface area contributed by atoms with E-state index in [2.05, 4.69) is 10.6 Å². The van der Waals surface area contributed by atoms with E-state index in [1.54, 1.807) is 37.3 Å². The van der Waals surface area contributed by atoms with Crippen molar-refractivity contribution in [1.82, 2.24) is 10.6 Å². The van der Waals surface area contributed by atoms with Crippen LogP contribution in [0.1, 0.15) is 18.1 Å². The monoisotopic (exact) mass is 533 g/mol. The van der Waals surface area contributed by atoms with Crippen LogP contribution >= 0.6 is 11.6 Å². The first-order valence-corrected chi connectivity index (χ1v) is 12.1. The third kappa shape index (κ3) is 6.37. The Bertz CT molecular complexity index is 1410. The zero-order chi connectivity index (χ0) is 27.1. The van der Waals surface area contributed by atoms with E-state index in [4.69, 9.17) is 21.1 Å². The fraction of sp³-hybridized carbons (Fsp3) is 0.143. The molecule has 2 N–H and O–H groups in total. The molecule has 1 aliphatic heterocycles. The highest BCUT2D eigenvalue weighted by Crippen LogP contribution is 2.30. The van der Waals surface area contributed by atoms with Crippen molar-refractivity contribution in [1.29, 1.82) is 0 Å². The number of carbonyl (C=O) groups is 4. The number of nitrogens with one attached hydrogen (secondary N) is 2. The van der Waals surface area contributed by atoms with Crippen LogP contribution in [-0.2, 0) is 20.9 Å². The molecule has 3 aromatic rings. The average molecular weight is 534 g/mol. The number of ether oxygens (including phenoxy) is 2. The minimum atomic E-state index is -0.872. The molecule has 9 nitrogen and oxygen atoms in total. The van der Waals surface area contributed by atoms with Crippen molar-refractivity contribution < 1.29 is 28.7 Å². The topological polar surface area (TPSA) is 114 Å². The fourth-order valence-electron chi connectivity index (χ4n) is 3.67. The SMILES string of the molecule is CCOc1cc(C=C2C(=O)NC(=O)N(c3cccc(Cl)c3)C2=O)ccc1OCC(=O)NCc1ccccc1. The van der Waals surface area contributed by atoms with E-state index in [1.165, 1.54) is 18.2 Å². The van der Waals surface area contributed by atoms with Gasteiger partial charge in [-0.15, -0.1) is 0 Å². The molecule has 1 fully saturated rings. The molecule has 0 aliphatic carbocycles. The number of imide groups is 2. The normalized spacial score (nSPS) is 14.3. The summed E-state index contributed by atoms with van der Waals surface area (Å²) < 4.78 is 11.3. The number of carbonyl (C=O) groups excluding carboxylic acids is 4. The standard InChI is InChI=1S/C28H24ClN3O6/c1-2-37-24-14-19(11-12-23(24)38-17-25(33)30-16-18-7-4-3-5-8-18)13-22-26(34)31-28(36)32(27(22)35)21-10-6-9-20(29)15-21/h3-15H,2,16-17H2,1H3,(H,30,33)(H,31,34,36). The Labute approximate surface area is 224 Å². The van der Waals surface area contributed by atoms with Crippen LogP contribution in [-0.4, -0.2) is 37.0 Å². The van der Waals surface area contributed by atoms with E-state index in [0.717, 1.165) is 10.5 Å². The highest BCUT2D eigenvalue weighted by molar-refractivity contribution is 6.39. The maximum atomic E-state index is 13.1. The third-order valence-electron chi connectivity index (χ3n) is 5.44. The van der Waals surface area contributed by atoms with Crippen LogP contribution in [0.4, 0.5) is 10.5 Å². The van der Waals surface area contributed by atoms with E-state index in [1.807, 2.05) is 30.3 Å². The number of hydrogen-bond acceptors (Lipinski definition) is 6. The van der Waals surface area contributed by atoms with Crippen LogP contribution in [0.5, 0.6) is 11.5 Å². The number of barbiturate groups is 1. The van der Waals surface area contributed by atoms with Crippen molar-refractivity contribution in [3.8, 4) is 11.5 Å². The zero-order valence-electron chi connectivity index (χ0n) is 20.4. The van der Waals surface area contributed by atoms with Crippen LogP contribution in [0.3, 0.4) is 0 Å². The van der Waals surface area contributed by atoms with Gasteiger partial charge in [-0.2, -0.15) is 0 Å². The van der Waals surface area contributed by atoms with Crippen molar-refractivity contribution in [2.75, 3.05) is 18.1 Å². The van der Waals surface area contributed by atoms with Gasteiger partial charge in [0.05, 0.1) is 12.3 Å². The number of urea groups is 1. The van der Waals surface area contributed by atoms with Crippen LogP contribution < -0.4 is 25.0 Å². The molecule has 0 aromatic heterocycles. The van der Waals surface area contributed by atoms with E-state index >= 15 is 0 Å². The molecule has 0 unspecified atom stereocenters. The van der Waals surface area contributed by atoms with E-state index < -0.39 is 17.8 Å². The predicted octanol–water partition coefficient (Wildman–Crippen LogP) is 4.10. The number of benzene rings is 3. The summed E-state index contributed by atoms with van der Waals surface area (Å²) in [6.07, 6.45) is 1.35. The lowest BCUT2D eigenvalue weighted by molar-refractivity contribution is -0.124. The maximum absolute atomic E-state index is 13.1. The van der Waals surface area contributed by atoms with Gasteiger partial charge in [0.15, 0.2) is 18.1 Å². The smallest absolute Gasteiger partial charge is 0.335 e. The number of hydrogen-bond donors (Lipinski definition) is 2. The first-order valence-electron chi connectivity index (χ1n) is 11.7. The molecule has 3 aromatic carbocycles. The Hall–Kier alpha value is -4.63. The van der Waals surface area contributed by atoms with Gasteiger partial charge in [-0.1, -0.05) is 54.1 Å². The molecule has 0 atom stereocenters. The number of rotatable bonds is 9. The summed E-state index contributed by atoms with van der Waals surface area (Å²) in [7, 11) is 0. The largest absolute Gasteiger partial charge is 0.490 e. The van der Waals surface area contributed by atoms with E-state index in [0.29, 0.717) is 35.2 Å². The first kappa shape index (κ1) is 26.4. The molecule has 194 valence electrons. The van der Waals surface area contributed by atoms with Crippen molar-refractivity contribution in [2.45, 2.75) is 13.5 Å². The number of anilines is 1. The minimum absolute atomic E-state index is 0.225. The molecule has 1 saturated heterocycles. The van der Waals surface area contributed by atoms with Gasteiger partial charge in [0, 0.05) is 11.6 Å². The summed E-state index contributed by atoms with van der Waals surface area (Å²) in [6, 6.07) is 19.5. The summed E-state index contributed by atoms with van der Waals surface area (Å²) in [6.45, 7) is 2.24. The lowest BCUT2D eigenvalue weighted by Crippen LogP contribution is -2.54. The predicted molar refractivity (Wildman–Crippen MR) is 142 cm³/mol. The molecule has 10 heteroatoms. The molecule has 0 bridgehead atoms. The van der Waals surface area contributed by atoms with Crippen molar-refractivity contribution in [2.24, 2.45) is 0 Å². The number of halogens is 1. The van der Waals surface area contributed by atoms with Crippen LogP contribution in [0.25, 0.3) is 6.08 Å².